The van der Waals surface area contributed by atoms with Gasteiger partial charge in [-0.3, -0.25) is 4.99 Å². The van der Waals surface area contributed by atoms with E-state index in [9.17, 15) is 0 Å². The molecule has 2 aromatic carbocycles. The lowest BCUT2D eigenvalue weighted by Gasteiger charge is -2.20. The van der Waals surface area contributed by atoms with Crippen LogP contribution in [0, 0.1) is 0 Å². The summed E-state index contributed by atoms with van der Waals surface area (Å²) in [5.74, 6) is 0.868. The second kappa shape index (κ2) is 9.42. The third-order valence-corrected chi connectivity index (χ3v) is 4.82. The molecule has 1 unspecified atom stereocenters. The van der Waals surface area contributed by atoms with E-state index in [2.05, 4.69) is 94.1 Å². The Hall–Kier alpha value is -2.53. The maximum atomic E-state index is 4.40. The summed E-state index contributed by atoms with van der Waals surface area (Å²) in [6, 6.07) is 19.7. The Kier molecular flexibility index (Phi) is 6.71. The minimum absolute atomic E-state index is 0.413. The van der Waals surface area contributed by atoms with Crippen LogP contribution in [0.25, 0.3) is 0 Å². The summed E-state index contributed by atoms with van der Waals surface area (Å²) in [5.41, 5.74) is 3.90. The first-order valence-corrected chi connectivity index (χ1v) is 9.64. The highest BCUT2D eigenvalue weighted by molar-refractivity contribution is 5.80. The summed E-state index contributed by atoms with van der Waals surface area (Å²) in [5, 5.41) is 7.03. The first kappa shape index (κ1) is 19.2. The van der Waals surface area contributed by atoms with E-state index in [-0.39, 0.29) is 0 Å². The zero-order valence-electron chi connectivity index (χ0n) is 16.7. The lowest BCUT2D eigenvalue weighted by Crippen LogP contribution is -2.44. The van der Waals surface area contributed by atoms with Crippen LogP contribution >= 0.6 is 0 Å². The molecule has 1 aliphatic rings. The molecule has 27 heavy (non-hydrogen) atoms. The van der Waals surface area contributed by atoms with Crippen LogP contribution in [0.3, 0.4) is 0 Å². The molecular weight excluding hydrogens is 334 g/mol. The summed E-state index contributed by atoms with van der Waals surface area (Å²) in [6.07, 6.45) is 1.12. The van der Waals surface area contributed by atoms with E-state index in [1.165, 1.54) is 16.8 Å². The van der Waals surface area contributed by atoms with Crippen molar-refractivity contribution in [3.63, 3.8) is 0 Å². The number of hydrogen-bond acceptors (Lipinski definition) is 3. The molecule has 144 valence electrons. The van der Waals surface area contributed by atoms with Crippen LogP contribution in [0.1, 0.15) is 17.5 Å². The Labute approximate surface area is 163 Å². The predicted molar refractivity (Wildman–Crippen MR) is 114 cm³/mol. The summed E-state index contributed by atoms with van der Waals surface area (Å²) in [4.78, 5) is 9.02. The van der Waals surface area contributed by atoms with E-state index in [4.69, 9.17) is 0 Å². The van der Waals surface area contributed by atoms with Crippen LogP contribution < -0.4 is 15.5 Å². The number of guanidine groups is 1. The number of aliphatic imine (C=N–C) groups is 1. The summed E-state index contributed by atoms with van der Waals surface area (Å²) >= 11 is 0. The van der Waals surface area contributed by atoms with Gasteiger partial charge in [-0.1, -0.05) is 42.5 Å². The largest absolute Gasteiger partial charge is 0.369 e. The topological polar surface area (TPSA) is 42.9 Å². The number of benzene rings is 2. The highest BCUT2D eigenvalue weighted by Crippen LogP contribution is 2.19. The molecule has 0 bridgehead atoms. The predicted octanol–water partition coefficient (Wildman–Crippen LogP) is 2.69. The van der Waals surface area contributed by atoms with E-state index in [0.29, 0.717) is 6.04 Å². The van der Waals surface area contributed by atoms with Crippen molar-refractivity contribution >= 4 is 11.6 Å². The standard InChI is InChI=1S/C22H31N5/c1-23-22(24-15-18-8-7-9-19(14-18)16-26(2)3)25-20-12-13-27(17-20)21-10-5-4-6-11-21/h4-11,14,20H,12-13,15-17H2,1-3H3,(H2,23,24,25). The van der Waals surface area contributed by atoms with Gasteiger partial charge in [0.05, 0.1) is 0 Å². The van der Waals surface area contributed by atoms with Gasteiger partial charge < -0.3 is 20.4 Å². The van der Waals surface area contributed by atoms with Crippen LogP contribution in [0.2, 0.25) is 0 Å². The average molecular weight is 366 g/mol. The fourth-order valence-corrected chi connectivity index (χ4v) is 3.53. The van der Waals surface area contributed by atoms with Crippen LogP contribution in [0.4, 0.5) is 5.69 Å². The third kappa shape index (κ3) is 5.73. The van der Waals surface area contributed by atoms with Gasteiger partial charge in [-0.05, 0) is 43.8 Å². The van der Waals surface area contributed by atoms with Crippen LogP contribution in [0.15, 0.2) is 59.6 Å². The van der Waals surface area contributed by atoms with Gasteiger partial charge in [-0.2, -0.15) is 0 Å². The van der Waals surface area contributed by atoms with E-state index < -0.39 is 0 Å². The Balaban J connectivity index is 1.50. The van der Waals surface area contributed by atoms with Gasteiger partial charge >= 0.3 is 0 Å². The summed E-state index contributed by atoms with van der Waals surface area (Å²) in [6.45, 7) is 3.81. The Morgan fingerprint density at radius 2 is 1.89 bits per heavy atom. The number of anilines is 1. The molecule has 0 aromatic heterocycles. The first-order valence-electron chi connectivity index (χ1n) is 9.64. The van der Waals surface area contributed by atoms with Crippen molar-refractivity contribution in [2.24, 2.45) is 4.99 Å². The fraction of sp³-hybridized carbons (Fsp3) is 0.409. The molecule has 0 radical (unpaired) electrons. The Morgan fingerprint density at radius 1 is 1.11 bits per heavy atom. The molecule has 1 saturated heterocycles. The number of hydrogen-bond donors (Lipinski definition) is 2. The van der Waals surface area contributed by atoms with Crippen molar-refractivity contribution < 1.29 is 0 Å². The molecule has 1 aliphatic heterocycles. The monoisotopic (exact) mass is 365 g/mol. The molecule has 0 saturated carbocycles. The summed E-state index contributed by atoms with van der Waals surface area (Å²) < 4.78 is 0. The SMILES string of the molecule is CN=C(NCc1cccc(CN(C)C)c1)NC1CCN(c2ccccc2)C1. The second-order valence-corrected chi connectivity index (χ2v) is 7.40. The van der Waals surface area contributed by atoms with Gasteiger partial charge in [0.25, 0.3) is 0 Å². The molecule has 1 atom stereocenters. The van der Waals surface area contributed by atoms with Crippen molar-refractivity contribution in [2.45, 2.75) is 25.6 Å². The lowest BCUT2D eigenvalue weighted by molar-refractivity contribution is 0.402. The highest BCUT2D eigenvalue weighted by Gasteiger charge is 2.23. The molecule has 0 amide bonds. The van der Waals surface area contributed by atoms with Gasteiger partial charge in [-0.15, -0.1) is 0 Å². The van der Waals surface area contributed by atoms with Crippen molar-refractivity contribution in [1.29, 1.82) is 0 Å². The molecule has 2 N–H and O–H groups in total. The second-order valence-electron chi connectivity index (χ2n) is 7.40. The normalized spacial score (nSPS) is 17.4. The molecule has 3 rings (SSSR count). The number of para-hydroxylation sites is 1. The van der Waals surface area contributed by atoms with Crippen molar-refractivity contribution in [3.05, 3.63) is 65.7 Å². The van der Waals surface area contributed by atoms with Crippen molar-refractivity contribution in [2.75, 3.05) is 39.1 Å². The quantitative estimate of drug-likeness (QED) is 0.610. The zero-order chi connectivity index (χ0) is 19.1. The van der Waals surface area contributed by atoms with E-state index in [1.54, 1.807) is 0 Å². The van der Waals surface area contributed by atoms with Gasteiger partial charge in [0, 0.05) is 45.0 Å². The van der Waals surface area contributed by atoms with Gasteiger partial charge in [-0.25, -0.2) is 0 Å². The van der Waals surface area contributed by atoms with Crippen molar-refractivity contribution in [1.82, 2.24) is 15.5 Å². The molecule has 0 aliphatic carbocycles. The van der Waals surface area contributed by atoms with E-state index >= 15 is 0 Å². The number of rotatable bonds is 6. The van der Waals surface area contributed by atoms with Crippen LogP contribution in [0.5, 0.6) is 0 Å². The zero-order valence-corrected chi connectivity index (χ0v) is 16.7. The van der Waals surface area contributed by atoms with Crippen LogP contribution in [-0.4, -0.2) is 51.1 Å². The Bertz CT molecular complexity index is 741. The molecule has 5 nitrogen and oxygen atoms in total. The third-order valence-electron chi connectivity index (χ3n) is 4.82. The maximum Gasteiger partial charge on any atom is 0.191 e. The first-order chi connectivity index (χ1) is 13.1. The lowest BCUT2D eigenvalue weighted by atomic mass is 10.1. The minimum atomic E-state index is 0.413. The van der Waals surface area contributed by atoms with Gasteiger partial charge in [0.1, 0.15) is 0 Å². The van der Waals surface area contributed by atoms with Gasteiger partial charge in [0.2, 0.25) is 0 Å². The molecule has 2 aromatic rings. The fourth-order valence-electron chi connectivity index (χ4n) is 3.53. The van der Waals surface area contributed by atoms with E-state index in [0.717, 1.165) is 38.6 Å². The Morgan fingerprint density at radius 3 is 2.63 bits per heavy atom. The molecule has 1 heterocycles. The summed E-state index contributed by atoms with van der Waals surface area (Å²) in [7, 11) is 6.02. The van der Waals surface area contributed by atoms with Gasteiger partial charge in [0.15, 0.2) is 5.96 Å². The molecule has 0 spiro atoms. The highest BCUT2D eigenvalue weighted by atomic mass is 15.2. The minimum Gasteiger partial charge on any atom is -0.369 e. The maximum absolute atomic E-state index is 4.40. The van der Waals surface area contributed by atoms with Crippen molar-refractivity contribution in [3.8, 4) is 0 Å². The van der Waals surface area contributed by atoms with E-state index in [1.807, 2.05) is 7.05 Å². The number of nitrogens with zero attached hydrogens (tertiary/aromatic N) is 3. The van der Waals surface area contributed by atoms with Crippen LogP contribution in [-0.2, 0) is 13.1 Å². The molecular formula is C22H31N5. The average Bonchev–Trinajstić information content (AvgIpc) is 3.14. The molecule has 5 heteroatoms. The number of nitrogens with one attached hydrogen (secondary N) is 2. The smallest absolute Gasteiger partial charge is 0.191 e. The molecule has 1 fully saturated rings.